The van der Waals surface area contributed by atoms with Crippen molar-refractivity contribution in [1.29, 1.82) is 0 Å². The van der Waals surface area contributed by atoms with Gasteiger partial charge in [0.15, 0.2) is 0 Å². The van der Waals surface area contributed by atoms with Crippen LogP contribution in [0.5, 0.6) is 5.88 Å². The van der Waals surface area contributed by atoms with E-state index in [1.807, 2.05) is 0 Å². The van der Waals surface area contributed by atoms with Crippen LogP contribution in [0.15, 0.2) is 30.6 Å². The van der Waals surface area contributed by atoms with Gasteiger partial charge in [0.25, 0.3) is 11.8 Å². The summed E-state index contributed by atoms with van der Waals surface area (Å²) in [5, 5.41) is 3.34. The summed E-state index contributed by atoms with van der Waals surface area (Å²) < 4.78 is 73.3. The number of rotatable bonds is 6. The van der Waals surface area contributed by atoms with Crippen molar-refractivity contribution < 1.29 is 31.5 Å². The van der Waals surface area contributed by atoms with E-state index in [4.69, 9.17) is 4.74 Å². The van der Waals surface area contributed by atoms with Crippen LogP contribution in [0.1, 0.15) is 34.4 Å². The highest BCUT2D eigenvalue weighted by atomic mass is 32.1. The van der Waals surface area contributed by atoms with Gasteiger partial charge in [-0.1, -0.05) is 13.0 Å². The molecule has 0 aliphatic carbocycles. The van der Waals surface area contributed by atoms with E-state index in [2.05, 4.69) is 25.3 Å². The third-order valence-electron chi connectivity index (χ3n) is 5.90. The Balaban J connectivity index is 1.62. The maximum Gasteiger partial charge on any atom is 0.423 e. The van der Waals surface area contributed by atoms with Crippen molar-refractivity contribution in [2.75, 3.05) is 25.5 Å². The quantitative estimate of drug-likeness (QED) is 0.442. The Morgan fingerprint density at radius 3 is 2.68 bits per heavy atom. The van der Waals surface area contributed by atoms with E-state index in [1.54, 1.807) is 38.2 Å². The van der Waals surface area contributed by atoms with E-state index in [1.165, 1.54) is 11.3 Å². The molecular weight excluding hydrogens is 519 g/mol. The molecule has 3 aromatic rings. The fourth-order valence-corrected chi connectivity index (χ4v) is 5.14. The minimum atomic E-state index is -4.71. The van der Waals surface area contributed by atoms with Gasteiger partial charge in [0.1, 0.15) is 11.3 Å². The number of halogens is 5. The molecule has 0 radical (unpaired) electrons. The fraction of sp³-hybridized carbons (Fsp3) is 0.435. The molecule has 1 saturated heterocycles. The number of hydrogen-bond acceptors (Lipinski definition) is 8. The fourth-order valence-electron chi connectivity index (χ4n) is 4.26. The second-order valence-electron chi connectivity index (χ2n) is 8.66. The number of aromatic nitrogens is 4. The molecular formula is C23H23F5N6O2S. The molecule has 14 heteroatoms. The number of anilines is 1. The Hall–Kier alpha value is -3.42. The number of amides is 1. The first-order valence-electron chi connectivity index (χ1n) is 11.2. The van der Waals surface area contributed by atoms with Gasteiger partial charge in [-0.2, -0.15) is 18.2 Å². The van der Waals surface area contributed by atoms with Crippen molar-refractivity contribution in [2.24, 2.45) is 5.92 Å². The monoisotopic (exact) mass is 542 g/mol. The largest absolute Gasteiger partial charge is 0.480 e. The molecule has 0 spiro atoms. The Morgan fingerprint density at radius 1 is 1.27 bits per heavy atom. The van der Waals surface area contributed by atoms with Crippen LogP contribution in [0.4, 0.5) is 27.9 Å². The molecule has 4 heterocycles. The molecule has 1 N–H and O–H groups in total. The molecule has 2 unspecified atom stereocenters. The second-order valence-corrected chi connectivity index (χ2v) is 9.86. The van der Waals surface area contributed by atoms with Gasteiger partial charge in [-0.25, -0.2) is 18.7 Å². The SMILES string of the molecule is COc1nc(NCC2C(C)CC(F)(F)CN2C(=O)c2nc(C)sc2-c2ccccn2)ncc1C(F)(F)F. The zero-order valence-electron chi connectivity index (χ0n) is 20.0. The summed E-state index contributed by atoms with van der Waals surface area (Å²) in [6.45, 7) is 2.37. The van der Waals surface area contributed by atoms with Crippen LogP contribution >= 0.6 is 11.3 Å². The number of carbonyl (C=O) groups excluding carboxylic acids is 1. The van der Waals surface area contributed by atoms with Gasteiger partial charge in [-0.15, -0.1) is 11.3 Å². The van der Waals surface area contributed by atoms with Crippen LogP contribution in [0, 0.1) is 12.8 Å². The zero-order valence-corrected chi connectivity index (χ0v) is 20.8. The zero-order chi connectivity index (χ0) is 27.0. The number of ether oxygens (including phenoxy) is 1. The summed E-state index contributed by atoms with van der Waals surface area (Å²) in [6, 6.07) is 4.41. The number of methoxy groups -OCH3 is 1. The van der Waals surface area contributed by atoms with Gasteiger partial charge in [0.05, 0.1) is 35.3 Å². The molecule has 1 aliphatic rings. The van der Waals surface area contributed by atoms with Crippen LogP contribution in [-0.4, -0.2) is 62.9 Å². The van der Waals surface area contributed by atoms with Crippen LogP contribution < -0.4 is 10.1 Å². The van der Waals surface area contributed by atoms with Gasteiger partial charge < -0.3 is 15.0 Å². The minimum Gasteiger partial charge on any atom is -0.480 e. The molecule has 8 nitrogen and oxygen atoms in total. The number of alkyl halides is 5. The molecule has 37 heavy (non-hydrogen) atoms. The predicted molar refractivity (Wildman–Crippen MR) is 126 cm³/mol. The number of nitrogens with zero attached hydrogens (tertiary/aromatic N) is 5. The molecule has 2 atom stereocenters. The first-order chi connectivity index (χ1) is 17.4. The summed E-state index contributed by atoms with van der Waals surface area (Å²) in [5.41, 5.74) is -0.638. The summed E-state index contributed by atoms with van der Waals surface area (Å²) in [5.74, 6) is -5.35. The van der Waals surface area contributed by atoms with E-state index < -0.39 is 54.4 Å². The smallest absolute Gasteiger partial charge is 0.423 e. The normalized spacial score (nSPS) is 19.5. The van der Waals surface area contributed by atoms with Crippen LogP contribution in [-0.2, 0) is 6.18 Å². The topological polar surface area (TPSA) is 93.1 Å². The number of pyridine rings is 1. The van der Waals surface area contributed by atoms with Crippen LogP contribution in [0.3, 0.4) is 0 Å². The first kappa shape index (κ1) is 26.6. The summed E-state index contributed by atoms with van der Waals surface area (Å²) in [4.78, 5) is 31.2. The van der Waals surface area contributed by atoms with E-state index in [-0.39, 0.29) is 18.2 Å². The third-order valence-corrected chi connectivity index (χ3v) is 6.89. The molecule has 198 valence electrons. The minimum absolute atomic E-state index is 0.0172. The molecule has 0 aromatic carbocycles. The molecule has 4 rings (SSSR count). The number of hydrogen-bond donors (Lipinski definition) is 1. The number of thiazole rings is 1. The molecule has 3 aromatic heterocycles. The Bertz CT molecular complexity index is 1270. The Morgan fingerprint density at radius 2 is 2.03 bits per heavy atom. The van der Waals surface area contributed by atoms with Crippen LogP contribution in [0.25, 0.3) is 10.6 Å². The number of nitrogens with one attached hydrogen (secondary N) is 1. The van der Waals surface area contributed by atoms with E-state index >= 15 is 0 Å². The number of aryl methyl sites for hydroxylation is 1. The predicted octanol–water partition coefficient (Wildman–Crippen LogP) is 4.93. The summed E-state index contributed by atoms with van der Waals surface area (Å²) in [7, 11) is 1.04. The maximum absolute atomic E-state index is 14.6. The van der Waals surface area contributed by atoms with Gasteiger partial charge >= 0.3 is 6.18 Å². The van der Waals surface area contributed by atoms with Crippen molar-refractivity contribution in [3.8, 4) is 16.5 Å². The average Bonchev–Trinajstić information content (AvgIpc) is 3.23. The number of carbonyl (C=O) groups is 1. The second kappa shape index (κ2) is 10.1. The molecule has 0 saturated carbocycles. The molecule has 0 bridgehead atoms. The number of piperidine rings is 1. The van der Waals surface area contributed by atoms with Gasteiger partial charge in [-0.3, -0.25) is 9.78 Å². The first-order valence-corrected chi connectivity index (χ1v) is 12.0. The van der Waals surface area contributed by atoms with E-state index in [0.29, 0.717) is 21.8 Å². The summed E-state index contributed by atoms with van der Waals surface area (Å²) in [6.07, 6.45) is -3.05. The van der Waals surface area contributed by atoms with Crippen molar-refractivity contribution in [3.05, 3.63) is 46.9 Å². The lowest BCUT2D eigenvalue weighted by Crippen LogP contribution is -2.57. The van der Waals surface area contributed by atoms with Gasteiger partial charge in [0, 0.05) is 25.4 Å². The highest BCUT2D eigenvalue weighted by Gasteiger charge is 2.47. The van der Waals surface area contributed by atoms with Crippen LogP contribution in [0.2, 0.25) is 0 Å². The highest BCUT2D eigenvalue weighted by molar-refractivity contribution is 7.15. The van der Waals surface area contributed by atoms with E-state index in [0.717, 1.165) is 12.0 Å². The Kier molecular flexibility index (Phi) is 7.31. The summed E-state index contributed by atoms with van der Waals surface area (Å²) >= 11 is 1.23. The van der Waals surface area contributed by atoms with Crippen molar-refractivity contribution >= 4 is 23.2 Å². The Labute approximate surface area is 212 Å². The van der Waals surface area contributed by atoms with Gasteiger partial charge in [0.2, 0.25) is 11.8 Å². The average molecular weight is 543 g/mol. The standard InChI is InChI=1S/C23H23F5N6O2S/c1-12-8-22(24,25)11-34(20(35)17-18(37-13(2)32-17)15-6-4-5-7-29-15)16(12)10-31-21-30-9-14(23(26,27)28)19(33-21)36-3/h4-7,9,12,16H,8,10-11H2,1-3H3,(H,30,31,33). The van der Waals surface area contributed by atoms with Gasteiger partial charge in [-0.05, 0) is 25.0 Å². The molecule has 1 amide bonds. The number of likely N-dealkylation sites (tertiary alicyclic amines) is 1. The van der Waals surface area contributed by atoms with Crippen molar-refractivity contribution in [2.45, 2.75) is 38.4 Å². The van der Waals surface area contributed by atoms with Crippen molar-refractivity contribution in [1.82, 2.24) is 24.8 Å². The van der Waals surface area contributed by atoms with Crippen molar-refractivity contribution in [3.63, 3.8) is 0 Å². The molecule has 1 aliphatic heterocycles. The van der Waals surface area contributed by atoms with E-state index in [9.17, 15) is 26.7 Å². The highest BCUT2D eigenvalue weighted by Crippen LogP contribution is 2.38. The maximum atomic E-state index is 14.6. The lowest BCUT2D eigenvalue weighted by molar-refractivity contribution is -0.139. The third kappa shape index (κ3) is 5.78. The molecule has 1 fully saturated rings. The lowest BCUT2D eigenvalue weighted by Gasteiger charge is -2.43. The lowest BCUT2D eigenvalue weighted by atomic mass is 9.88.